The van der Waals surface area contributed by atoms with E-state index in [-0.39, 0.29) is 37.1 Å². The van der Waals surface area contributed by atoms with Gasteiger partial charge in [-0.3, -0.25) is 29.4 Å². The van der Waals surface area contributed by atoms with Gasteiger partial charge in [0.1, 0.15) is 6.04 Å². The highest BCUT2D eigenvalue weighted by molar-refractivity contribution is 6.06. The van der Waals surface area contributed by atoms with Crippen molar-refractivity contribution in [3.05, 3.63) is 0 Å². The molecule has 2 aliphatic rings. The van der Waals surface area contributed by atoms with Crippen molar-refractivity contribution in [2.75, 3.05) is 13.1 Å². The number of nitrogens with zero attached hydrogens (tertiary/aromatic N) is 1. The zero-order valence-corrected chi connectivity index (χ0v) is 14.3. The predicted octanol–water partition coefficient (Wildman–Crippen LogP) is -0.713. The molecule has 0 saturated carbocycles. The Morgan fingerprint density at radius 2 is 1.83 bits per heavy atom. The van der Waals surface area contributed by atoms with Crippen LogP contribution >= 0.6 is 0 Å². The monoisotopic (exact) mass is 338 g/mol. The van der Waals surface area contributed by atoms with Crippen LogP contribution in [0.2, 0.25) is 0 Å². The Labute approximate surface area is 141 Å². The molecule has 0 radical (unpaired) electrons. The molecule has 2 heterocycles. The number of carbonyl (C=O) groups excluding carboxylic acids is 4. The van der Waals surface area contributed by atoms with E-state index in [2.05, 4.69) is 34.7 Å². The first kappa shape index (κ1) is 18.4. The van der Waals surface area contributed by atoms with Crippen LogP contribution in [0.1, 0.15) is 46.0 Å². The fourth-order valence-corrected chi connectivity index (χ4v) is 3.26. The maximum Gasteiger partial charge on any atom is 0.249 e. The standard InChI is InChI=1S/C16H26N4O4/c1-10-4-3-5-11(2)20(10)9-15(23)17-7-6-13(21)18-12-8-14(22)19-16(12)24/h10-12H,3-9H2,1-2H3,(H,17,23)(H,18,21)(H,19,22,24). The first-order valence-corrected chi connectivity index (χ1v) is 8.52. The molecular weight excluding hydrogens is 312 g/mol. The molecule has 2 aliphatic heterocycles. The smallest absolute Gasteiger partial charge is 0.249 e. The molecule has 3 N–H and O–H groups in total. The summed E-state index contributed by atoms with van der Waals surface area (Å²) in [6.45, 7) is 4.81. The summed E-state index contributed by atoms with van der Waals surface area (Å²) in [5.41, 5.74) is 0. The van der Waals surface area contributed by atoms with Crippen molar-refractivity contribution in [2.45, 2.75) is 64.1 Å². The fourth-order valence-electron chi connectivity index (χ4n) is 3.26. The van der Waals surface area contributed by atoms with Gasteiger partial charge >= 0.3 is 0 Å². The first-order valence-electron chi connectivity index (χ1n) is 8.52. The van der Waals surface area contributed by atoms with E-state index < -0.39 is 11.9 Å². The number of rotatable bonds is 6. The maximum absolute atomic E-state index is 12.0. The van der Waals surface area contributed by atoms with Crippen molar-refractivity contribution in [1.82, 2.24) is 20.9 Å². The van der Waals surface area contributed by atoms with Gasteiger partial charge in [0.05, 0.1) is 13.0 Å². The van der Waals surface area contributed by atoms with Crippen LogP contribution in [0, 0.1) is 0 Å². The molecular formula is C16H26N4O4. The lowest BCUT2D eigenvalue weighted by molar-refractivity contribution is -0.129. The largest absolute Gasteiger partial charge is 0.354 e. The van der Waals surface area contributed by atoms with Gasteiger partial charge in [0.25, 0.3) is 0 Å². The number of hydrogen-bond donors (Lipinski definition) is 3. The Morgan fingerprint density at radius 3 is 2.42 bits per heavy atom. The van der Waals surface area contributed by atoms with E-state index >= 15 is 0 Å². The van der Waals surface area contributed by atoms with Crippen LogP contribution in [0.5, 0.6) is 0 Å². The van der Waals surface area contributed by atoms with Gasteiger partial charge in [-0.05, 0) is 26.7 Å². The van der Waals surface area contributed by atoms with E-state index in [1.165, 1.54) is 6.42 Å². The average molecular weight is 338 g/mol. The number of carbonyl (C=O) groups is 4. The molecule has 0 aromatic rings. The number of piperidine rings is 1. The Bertz CT molecular complexity index is 512. The quantitative estimate of drug-likeness (QED) is 0.555. The third-order valence-electron chi connectivity index (χ3n) is 4.68. The van der Waals surface area contributed by atoms with Crippen molar-refractivity contribution in [3.63, 3.8) is 0 Å². The van der Waals surface area contributed by atoms with Gasteiger partial charge in [0.15, 0.2) is 0 Å². The van der Waals surface area contributed by atoms with E-state index in [0.29, 0.717) is 18.6 Å². The lowest BCUT2D eigenvalue weighted by atomic mass is 9.97. The fraction of sp³-hybridized carbons (Fsp3) is 0.750. The first-order chi connectivity index (χ1) is 11.4. The minimum atomic E-state index is -0.796. The predicted molar refractivity (Wildman–Crippen MR) is 86.8 cm³/mol. The maximum atomic E-state index is 12.0. The summed E-state index contributed by atoms with van der Waals surface area (Å²) < 4.78 is 0. The normalized spacial score (nSPS) is 27.7. The number of imide groups is 1. The van der Waals surface area contributed by atoms with Gasteiger partial charge < -0.3 is 10.6 Å². The second-order valence-electron chi connectivity index (χ2n) is 6.64. The highest BCUT2D eigenvalue weighted by Crippen LogP contribution is 2.21. The van der Waals surface area contributed by atoms with E-state index in [1.807, 2.05) is 0 Å². The topological polar surface area (TPSA) is 108 Å². The van der Waals surface area contributed by atoms with E-state index in [9.17, 15) is 19.2 Å². The molecule has 8 heteroatoms. The molecule has 134 valence electrons. The average Bonchev–Trinajstić information content (AvgIpc) is 2.81. The molecule has 2 saturated heterocycles. The van der Waals surface area contributed by atoms with Crippen molar-refractivity contribution < 1.29 is 19.2 Å². The molecule has 2 fully saturated rings. The van der Waals surface area contributed by atoms with E-state index in [4.69, 9.17) is 0 Å². The lowest BCUT2D eigenvalue weighted by Crippen LogP contribution is -2.49. The second kappa shape index (κ2) is 8.23. The molecule has 0 spiro atoms. The zero-order valence-electron chi connectivity index (χ0n) is 14.3. The lowest BCUT2D eigenvalue weighted by Gasteiger charge is -2.38. The van der Waals surface area contributed by atoms with E-state index in [0.717, 1.165) is 12.8 Å². The van der Waals surface area contributed by atoms with Gasteiger partial charge in [0, 0.05) is 25.0 Å². The van der Waals surface area contributed by atoms with Gasteiger partial charge in [-0.25, -0.2) is 0 Å². The summed E-state index contributed by atoms with van der Waals surface area (Å²) in [6.07, 6.45) is 3.44. The van der Waals surface area contributed by atoms with Crippen LogP contribution in [0.15, 0.2) is 0 Å². The molecule has 0 aromatic carbocycles. The van der Waals surface area contributed by atoms with Gasteiger partial charge in [-0.2, -0.15) is 0 Å². The van der Waals surface area contributed by atoms with Gasteiger partial charge in [-0.1, -0.05) is 6.42 Å². The highest BCUT2D eigenvalue weighted by atomic mass is 16.2. The van der Waals surface area contributed by atoms with Crippen molar-refractivity contribution in [3.8, 4) is 0 Å². The minimum absolute atomic E-state index is 0.0261. The molecule has 8 nitrogen and oxygen atoms in total. The summed E-state index contributed by atoms with van der Waals surface area (Å²) in [5.74, 6) is -1.32. The van der Waals surface area contributed by atoms with Crippen LogP contribution < -0.4 is 16.0 Å². The molecule has 0 aliphatic carbocycles. The molecule has 3 atom stereocenters. The summed E-state index contributed by atoms with van der Waals surface area (Å²) >= 11 is 0. The van der Waals surface area contributed by atoms with Crippen LogP contribution in [-0.2, 0) is 19.2 Å². The van der Waals surface area contributed by atoms with E-state index in [1.54, 1.807) is 0 Å². The second-order valence-corrected chi connectivity index (χ2v) is 6.64. The third-order valence-corrected chi connectivity index (χ3v) is 4.68. The Morgan fingerprint density at radius 1 is 1.17 bits per heavy atom. The van der Waals surface area contributed by atoms with Crippen molar-refractivity contribution >= 4 is 23.6 Å². The zero-order chi connectivity index (χ0) is 17.7. The number of hydrogen-bond acceptors (Lipinski definition) is 5. The van der Waals surface area contributed by atoms with Crippen LogP contribution in [0.3, 0.4) is 0 Å². The summed E-state index contributed by atoms with van der Waals surface area (Å²) in [5, 5.41) is 7.37. The molecule has 4 amide bonds. The van der Waals surface area contributed by atoms with Crippen molar-refractivity contribution in [1.29, 1.82) is 0 Å². The third kappa shape index (κ3) is 5.02. The van der Waals surface area contributed by atoms with Crippen LogP contribution in [0.25, 0.3) is 0 Å². The van der Waals surface area contributed by atoms with Gasteiger partial charge in [0.2, 0.25) is 23.6 Å². The summed E-state index contributed by atoms with van der Waals surface area (Å²) in [7, 11) is 0. The Kier molecular flexibility index (Phi) is 6.30. The molecule has 2 rings (SSSR count). The SMILES string of the molecule is CC1CCCC(C)N1CC(=O)NCCC(=O)NC1CC(=O)NC1=O. The minimum Gasteiger partial charge on any atom is -0.354 e. The molecule has 0 aromatic heterocycles. The number of amides is 4. The molecule has 0 bridgehead atoms. The van der Waals surface area contributed by atoms with Crippen molar-refractivity contribution in [2.24, 2.45) is 0 Å². The summed E-state index contributed by atoms with van der Waals surface area (Å²) in [4.78, 5) is 48.4. The number of nitrogens with one attached hydrogen (secondary N) is 3. The van der Waals surface area contributed by atoms with Crippen LogP contribution in [-0.4, -0.2) is 59.7 Å². The number of likely N-dealkylation sites (tertiary alicyclic amines) is 1. The Balaban J connectivity index is 1.66. The molecule has 3 unspecified atom stereocenters. The van der Waals surface area contributed by atoms with Gasteiger partial charge in [-0.15, -0.1) is 0 Å². The van der Waals surface area contributed by atoms with Crippen LogP contribution in [0.4, 0.5) is 0 Å². The summed E-state index contributed by atoms with van der Waals surface area (Å²) in [6, 6.07) is -0.0156. The highest BCUT2D eigenvalue weighted by Gasteiger charge is 2.31. The Hall–Kier alpha value is -1.96. The molecule has 24 heavy (non-hydrogen) atoms.